The van der Waals surface area contributed by atoms with Gasteiger partial charge in [0, 0.05) is 6.54 Å². The number of carbonyl (C=O) groups excluding carboxylic acids is 1. The number of hydrogen-bond donors (Lipinski definition) is 1. The molecule has 1 N–H and O–H groups in total. The van der Waals surface area contributed by atoms with Gasteiger partial charge in [-0.1, -0.05) is 55.8 Å². The van der Waals surface area contributed by atoms with E-state index in [2.05, 4.69) is 5.32 Å². The van der Waals surface area contributed by atoms with Crippen molar-refractivity contribution >= 4 is 28.9 Å². The zero-order valence-corrected chi connectivity index (χ0v) is 17.2. The van der Waals surface area contributed by atoms with Crippen LogP contribution in [0, 0.1) is 17.1 Å². The number of nitrogens with zero attached hydrogens (tertiary/aromatic N) is 2. The Hall–Kier alpha value is -3.50. The lowest BCUT2D eigenvalue weighted by atomic mass is 10.2. The van der Waals surface area contributed by atoms with Crippen molar-refractivity contribution in [1.29, 1.82) is 5.26 Å². The maximum atomic E-state index is 14.5. The van der Waals surface area contributed by atoms with E-state index < -0.39 is 17.3 Å². The second-order valence-corrected chi connectivity index (χ2v) is 7.55. The fraction of sp³-hybridized carbons (Fsp3) is 0.174. The molecule has 3 rings (SSSR count). The number of amides is 1. The van der Waals surface area contributed by atoms with Crippen molar-refractivity contribution < 1.29 is 9.18 Å². The van der Waals surface area contributed by atoms with Gasteiger partial charge in [-0.2, -0.15) is 5.26 Å². The van der Waals surface area contributed by atoms with E-state index in [1.54, 1.807) is 12.1 Å². The third kappa shape index (κ3) is 4.56. The molecule has 152 valence electrons. The minimum absolute atomic E-state index is 0.00410. The summed E-state index contributed by atoms with van der Waals surface area (Å²) < 4.78 is 16.0. The number of carbonyl (C=O) groups is 1. The van der Waals surface area contributed by atoms with Gasteiger partial charge < -0.3 is 5.32 Å². The molecule has 0 aliphatic rings. The Morgan fingerprint density at radius 3 is 2.57 bits per heavy atom. The number of nitriles is 1. The molecule has 0 radical (unpaired) electrons. The maximum absolute atomic E-state index is 14.5. The van der Waals surface area contributed by atoms with E-state index in [9.17, 15) is 19.2 Å². The van der Waals surface area contributed by atoms with Gasteiger partial charge in [0.25, 0.3) is 11.5 Å². The molecule has 0 spiro atoms. The third-order valence-corrected chi connectivity index (χ3v) is 5.48. The first-order valence-corrected chi connectivity index (χ1v) is 10.3. The number of thiazole rings is 1. The summed E-state index contributed by atoms with van der Waals surface area (Å²) >= 11 is 0.993. The van der Waals surface area contributed by atoms with E-state index in [-0.39, 0.29) is 15.9 Å². The molecule has 30 heavy (non-hydrogen) atoms. The van der Waals surface area contributed by atoms with Crippen LogP contribution in [0.25, 0.3) is 17.3 Å². The van der Waals surface area contributed by atoms with Crippen LogP contribution in [0.3, 0.4) is 0 Å². The Kier molecular flexibility index (Phi) is 6.94. The topological polar surface area (TPSA) is 74.9 Å². The predicted octanol–water partition coefficient (Wildman–Crippen LogP) is 2.46. The van der Waals surface area contributed by atoms with E-state index in [0.717, 1.165) is 34.3 Å². The minimum atomic E-state index is -0.617. The summed E-state index contributed by atoms with van der Waals surface area (Å²) in [4.78, 5) is 25.8. The molecule has 0 saturated heterocycles. The van der Waals surface area contributed by atoms with E-state index in [4.69, 9.17) is 0 Å². The molecule has 0 saturated carbocycles. The summed E-state index contributed by atoms with van der Waals surface area (Å²) in [5.41, 5.74) is 0.0757. The summed E-state index contributed by atoms with van der Waals surface area (Å²) in [7, 11) is 0. The average molecular weight is 421 g/mol. The summed E-state index contributed by atoms with van der Waals surface area (Å²) in [6.45, 7) is 2.40. The fourth-order valence-corrected chi connectivity index (χ4v) is 3.96. The third-order valence-electron chi connectivity index (χ3n) is 4.38. The van der Waals surface area contributed by atoms with Crippen LogP contribution in [-0.4, -0.2) is 17.0 Å². The summed E-state index contributed by atoms with van der Waals surface area (Å²) in [6.07, 6.45) is 3.32. The van der Waals surface area contributed by atoms with Crippen LogP contribution in [0.4, 0.5) is 4.39 Å². The van der Waals surface area contributed by atoms with Crippen LogP contribution in [0.1, 0.15) is 25.3 Å². The Balaban J connectivity index is 2.31. The van der Waals surface area contributed by atoms with Crippen LogP contribution >= 0.6 is 11.3 Å². The standard InChI is InChI=1S/C23H20FN3O2S/c1-2-3-13-26-21(28)17(15-25)23-27(19-12-8-7-11-18(19)24)22(29)20(30-23)14-16-9-5-4-6-10-16/h4-12,14H,2-3,13H2,1H3,(H,26,28)/b20-14-,23-17-. The molecule has 0 atom stereocenters. The van der Waals surface area contributed by atoms with Gasteiger partial charge in [0.05, 0.1) is 10.2 Å². The second-order valence-electron chi connectivity index (χ2n) is 6.51. The first-order valence-electron chi connectivity index (χ1n) is 9.53. The van der Waals surface area contributed by atoms with Gasteiger partial charge in [0.15, 0.2) is 5.57 Å². The first kappa shape index (κ1) is 21.2. The maximum Gasteiger partial charge on any atom is 0.273 e. The van der Waals surface area contributed by atoms with Crippen molar-refractivity contribution in [1.82, 2.24) is 9.88 Å². The smallest absolute Gasteiger partial charge is 0.273 e. The van der Waals surface area contributed by atoms with Crippen LogP contribution in [0.5, 0.6) is 0 Å². The van der Waals surface area contributed by atoms with Gasteiger partial charge in [-0.25, -0.2) is 4.39 Å². The Bertz CT molecular complexity index is 1270. The minimum Gasteiger partial charge on any atom is -0.351 e. The summed E-state index contributed by atoms with van der Waals surface area (Å²) in [5, 5.41) is 12.4. The van der Waals surface area contributed by atoms with Crippen molar-refractivity contribution in [3.8, 4) is 11.8 Å². The number of nitrogens with one attached hydrogen (secondary N) is 1. The van der Waals surface area contributed by atoms with Crippen molar-refractivity contribution in [2.24, 2.45) is 0 Å². The van der Waals surface area contributed by atoms with Crippen molar-refractivity contribution in [2.45, 2.75) is 19.8 Å². The highest BCUT2D eigenvalue weighted by molar-refractivity contribution is 7.07. The molecule has 0 aliphatic heterocycles. The van der Waals surface area contributed by atoms with E-state index in [1.807, 2.05) is 43.3 Å². The fourth-order valence-electron chi connectivity index (χ4n) is 2.87. The van der Waals surface area contributed by atoms with Gasteiger partial charge in [-0.3, -0.25) is 14.2 Å². The van der Waals surface area contributed by atoms with Gasteiger partial charge in [0.2, 0.25) is 0 Å². The average Bonchev–Trinajstić information content (AvgIpc) is 3.05. The number of para-hydroxylation sites is 1. The molecule has 2 aromatic carbocycles. The molecule has 0 bridgehead atoms. The summed E-state index contributed by atoms with van der Waals surface area (Å²) in [5.74, 6) is -1.20. The van der Waals surface area contributed by atoms with Crippen LogP contribution in [0.2, 0.25) is 0 Å². The lowest BCUT2D eigenvalue weighted by molar-refractivity contribution is -0.115. The highest BCUT2D eigenvalue weighted by atomic mass is 32.1. The SMILES string of the molecule is CCCCNC(=O)/C(C#N)=c1\s/c(=C\c2ccccc2)c(=O)n1-c1ccccc1F. The molecule has 1 aromatic heterocycles. The molecule has 0 aliphatic carbocycles. The quantitative estimate of drug-likeness (QED) is 0.622. The molecular formula is C23H20FN3O2S. The number of hydrogen-bond acceptors (Lipinski definition) is 4. The first-order chi connectivity index (χ1) is 14.6. The molecule has 1 amide bonds. The van der Waals surface area contributed by atoms with Gasteiger partial charge >= 0.3 is 0 Å². The predicted molar refractivity (Wildman–Crippen MR) is 116 cm³/mol. The Labute approximate surface area is 177 Å². The van der Waals surface area contributed by atoms with Crippen molar-refractivity contribution in [2.75, 3.05) is 6.54 Å². The molecule has 3 aromatic rings. The highest BCUT2D eigenvalue weighted by Crippen LogP contribution is 2.09. The number of aromatic nitrogens is 1. The zero-order chi connectivity index (χ0) is 21.5. The van der Waals surface area contributed by atoms with Crippen LogP contribution in [-0.2, 0) is 4.79 Å². The number of unbranched alkanes of at least 4 members (excludes halogenated alkanes) is 1. The van der Waals surface area contributed by atoms with E-state index >= 15 is 0 Å². The van der Waals surface area contributed by atoms with Crippen LogP contribution in [0.15, 0.2) is 59.4 Å². The highest BCUT2D eigenvalue weighted by Gasteiger charge is 2.18. The normalized spacial score (nSPS) is 12.4. The lowest BCUT2D eigenvalue weighted by Crippen LogP contribution is -2.34. The molecule has 0 unspecified atom stereocenters. The molecule has 0 fully saturated rings. The molecule has 5 nitrogen and oxygen atoms in total. The van der Waals surface area contributed by atoms with Gasteiger partial charge in [0.1, 0.15) is 16.5 Å². The number of rotatable bonds is 6. The Morgan fingerprint density at radius 1 is 1.20 bits per heavy atom. The van der Waals surface area contributed by atoms with E-state index in [0.29, 0.717) is 11.1 Å². The number of benzene rings is 2. The molecule has 1 heterocycles. The Morgan fingerprint density at radius 2 is 1.90 bits per heavy atom. The van der Waals surface area contributed by atoms with Crippen molar-refractivity contribution in [3.63, 3.8) is 0 Å². The zero-order valence-electron chi connectivity index (χ0n) is 16.4. The van der Waals surface area contributed by atoms with Crippen molar-refractivity contribution in [3.05, 3.63) is 85.5 Å². The van der Waals surface area contributed by atoms with Gasteiger partial charge in [-0.05, 0) is 30.2 Å². The van der Waals surface area contributed by atoms with Gasteiger partial charge in [-0.15, -0.1) is 11.3 Å². The largest absolute Gasteiger partial charge is 0.351 e. The van der Waals surface area contributed by atoms with Crippen LogP contribution < -0.4 is 20.1 Å². The van der Waals surface area contributed by atoms with E-state index in [1.165, 1.54) is 18.2 Å². The lowest BCUT2D eigenvalue weighted by Gasteiger charge is -2.06. The monoisotopic (exact) mass is 421 g/mol. The number of halogens is 1. The molecule has 7 heteroatoms. The molecular weight excluding hydrogens is 401 g/mol. The summed E-state index contributed by atoms with van der Waals surface area (Å²) in [6, 6.07) is 16.9. The second kappa shape index (κ2) is 9.81.